The number of ether oxygens (including phenoxy) is 1. The zero-order valence-corrected chi connectivity index (χ0v) is 15.9. The van der Waals surface area contributed by atoms with Crippen LogP contribution in [0.3, 0.4) is 0 Å². The second kappa shape index (κ2) is 7.06. The molecule has 3 atom stereocenters. The Labute approximate surface area is 156 Å². The molecule has 1 aliphatic carbocycles. The van der Waals surface area contributed by atoms with Gasteiger partial charge in [0.2, 0.25) is 0 Å². The van der Waals surface area contributed by atoms with Gasteiger partial charge in [0.05, 0.1) is 13.2 Å². The van der Waals surface area contributed by atoms with Gasteiger partial charge in [-0.1, -0.05) is 24.3 Å². The summed E-state index contributed by atoms with van der Waals surface area (Å²) in [6.07, 6.45) is 5.88. The van der Waals surface area contributed by atoms with Crippen molar-refractivity contribution in [1.29, 1.82) is 0 Å². The SMILES string of the molecule is CCN(CC)c1ccc2c(c1)C1C=CCC1C(c1cccc(OC)c1)N2. The quantitative estimate of drug-likeness (QED) is 0.735. The summed E-state index contributed by atoms with van der Waals surface area (Å²) in [6.45, 7) is 6.52. The number of benzene rings is 2. The van der Waals surface area contributed by atoms with Crippen LogP contribution in [-0.4, -0.2) is 20.2 Å². The van der Waals surface area contributed by atoms with Crippen LogP contribution in [0.25, 0.3) is 0 Å². The molecule has 3 nitrogen and oxygen atoms in total. The van der Waals surface area contributed by atoms with Crippen LogP contribution in [0.2, 0.25) is 0 Å². The molecule has 0 bridgehead atoms. The number of rotatable bonds is 5. The van der Waals surface area contributed by atoms with Crippen molar-refractivity contribution in [1.82, 2.24) is 0 Å². The topological polar surface area (TPSA) is 24.5 Å². The number of nitrogens with one attached hydrogen (secondary N) is 1. The van der Waals surface area contributed by atoms with Crippen LogP contribution in [0.4, 0.5) is 11.4 Å². The van der Waals surface area contributed by atoms with Gasteiger partial charge in [-0.15, -0.1) is 0 Å². The van der Waals surface area contributed by atoms with E-state index in [1.54, 1.807) is 7.11 Å². The summed E-state index contributed by atoms with van der Waals surface area (Å²) < 4.78 is 5.44. The van der Waals surface area contributed by atoms with Crippen LogP contribution >= 0.6 is 0 Å². The van der Waals surface area contributed by atoms with Gasteiger partial charge in [-0.05, 0) is 67.6 Å². The number of nitrogens with zero attached hydrogens (tertiary/aromatic N) is 1. The molecule has 136 valence electrons. The highest BCUT2D eigenvalue weighted by Crippen LogP contribution is 2.50. The second-order valence-corrected chi connectivity index (χ2v) is 7.20. The molecule has 1 aliphatic heterocycles. The zero-order valence-electron chi connectivity index (χ0n) is 15.9. The first-order valence-corrected chi connectivity index (χ1v) is 9.71. The van der Waals surface area contributed by atoms with Crippen molar-refractivity contribution in [2.75, 3.05) is 30.4 Å². The number of methoxy groups -OCH3 is 1. The van der Waals surface area contributed by atoms with Gasteiger partial charge < -0.3 is 15.0 Å². The minimum atomic E-state index is 0.317. The maximum Gasteiger partial charge on any atom is 0.119 e. The van der Waals surface area contributed by atoms with Gasteiger partial charge in [-0.2, -0.15) is 0 Å². The highest BCUT2D eigenvalue weighted by atomic mass is 16.5. The number of hydrogen-bond acceptors (Lipinski definition) is 3. The van der Waals surface area contributed by atoms with Crippen LogP contribution in [0.5, 0.6) is 5.75 Å². The molecular weight excluding hydrogens is 320 g/mol. The van der Waals surface area contributed by atoms with E-state index in [9.17, 15) is 0 Å². The summed E-state index contributed by atoms with van der Waals surface area (Å²) >= 11 is 0. The Balaban J connectivity index is 1.72. The Morgan fingerprint density at radius 2 is 1.96 bits per heavy atom. The summed E-state index contributed by atoms with van der Waals surface area (Å²) in [6, 6.07) is 15.7. The molecule has 4 rings (SSSR count). The summed E-state index contributed by atoms with van der Waals surface area (Å²) in [5, 5.41) is 3.82. The molecule has 0 aromatic heterocycles. The zero-order chi connectivity index (χ0) is 18.1. The third-order valence-corrected chi connectivity index (χ3v) is 5.93. The average Bonchev–Trinajstić information content (AvgIpc) is 3.18. The molecule has 0 fully saturated rings. The van der Waals surface area contributed by atoms with Gasteiger partial charge in [0.25, 0.3) is 0 Å². The third-order valence-electron chi connectivity index (χ3n) is 5.93. The first kappa shape index (κ1) is 17.0. The lowest BCUT2D eigenvalue weighted by molar-refractivity contribution is 0.406. The maximum atomic E-state index is 5.44. The molecule has 0 saturated carbocycles. The number of anilines is 2. The van der Waals surface area contributed by atoms with Crippen molar-refractivity contribution >= 4 is 11.4 Å². The van der Waals surface area contributed by atoms with Gasteiger partial charge in [-0.25, -0.2) is 0 Å². The standard InChI is InChI=1S/C23H28N2O/c1-4-25(5-2)17-12-13-22-21(15-17)19-10-7-11-20(19)23(24-22)16-8-6-9-18(14-16)26-3/h6-10,12-15,19-20,23-24H,4-5,11H2,1-3H3. The number of hydrogen-bond donors (Lipinski definition) is 1. The van der Waals surface area contributed by atoms with E-state index in [4.69, 9.17) is 4.74 Å². The lowest BCUT2D eigenvalue weighted by Gasteiger charge is -2.38. The smallest absolute Gasteiger partial charge is 0.119 e. The summed E-state index contributed by atoms with van der Waals surface area (Å²) in [5.41, 5.74) is 5.34. The van der Waals surface area contributed by atoms with Crippen molar-refractivity contribution in [2.24, 2.45) is 5.92 Å². The second-order valence-electron chi connectivity index (χ2n) is 7.20. The molecule has 0 spiro atoms. The van der Waals surface area contributed by atoms with E-state index >= 15 is 0 Å². The lowest BCUT2D eigenvalue weighted by Crippen LogP contribution is -2.29. The van der Waals surface area contributed by atoms with E-state index in [2.05, 4.69) is 72.6 Å². The van der Waals surface area contributed by atoms with E-state index < -0.39 is 0 Å². The molecule has 26 heavy (non-hydrogen) atoms. The van der Waals surface area contributed by atoms with Crippen molar-refractivity contribution in [3.63, 3.8) is 0 Å². The monoisotopic (exact) mass is 348 g/mol. The molecule has 2 aliphatic rings. The number of allylic oxidation sites excluding steroid dienone is 2. The fourth-order valence-electron chi connectivity index (χ4n) is 4.53. The summed E-state index contributed by atoms with van der Waals surface area (Å²) in [7, 11) is 1.73. The van der Waals surface area contributed by atoms with Crippen molar-refractivity contribution in [2.45, 2.75) is 32.2 Å². The highest BCUT2D eigenvalue weighted by Gasteiger charge is 2.38. The molecule has 3 unspecified atom stereocenters. The predicted molar refractivity (Wildman–Crippen MR) is 109 cm³/mol. The number of fused-ring (bicyclic) bond motifs is 3. The molecule has 1 N–H and O–H groups in total. The van der Waals surface area contributed by atoms with E-state index in [1.807, 2.05) is 6.07 Å². The largest absolute Gasteiger partial charge is 0.497 e. The molecular formula is C23H28N2O. The molecule has 0 radical (unpaired) electrons. The molecule has 0 saturated heterocycles. The summed E-state index contributed by atoms with van der Waals surface area (Å²) in [4.78, 5) is 2.42. The van der Waals surface area contributed by atoms with E-state index in [-0.39, 0.29) is 0 Å². The van der Waals surface area contributed by atoms with E-state index in [0.29, 0.717) is 17.9 Å². The van der Waals surface area contributed by atoms with Crippen molar-refractivity contribution in [3.05, 3.63) is 65.7 Å². The molecule has 1 heterocycles. The molecule has 3 heteroatoms. The van der Waals surface area contributed by atoms with Crippen LogP contribution in [0.15, 0.2) is 54.6 Å². The van der Waals surface area contributed by atoms with Gasteiger partial charge in [-0.3, -0.25) is 0 Å². The Hall–Kier alpha value is -2.42. The van der Waals surface area contributed by atoms with Crippen LogP contribution in [0.1, 0.15) is 43.4 Å². The Kier molecular flexibility index (Phi) is 4.62. The van der Waals surface area contributed by atoms with Gasteiger partial charge in [0.1, 0.15) is 5.75 Å². The normalized spacial score (nSPS) is 23.1. The Morgan fingerprint density at radius 1 is 1.12 bits per heavy atom. The van der Waals surface area contributed by atoms with Crippen LogP contribution in [-0.2, 0) is 0 Å². The predicted octanol–water partition coefficient (Wildman–Crippen LogP) is 5.37. The van der Waals surface area contributed by atoms with Gasteiger partial charge >= 0.3 is 0 Å². The van der Waals surface area contributed by atoms with Crippen molar-refractivity contribution < 1.29 is 4.74 Å². The van der Waals surface area contributed by atoms with E-state index in [0.717, 1.165) is 25.3 Å². The van der Waals surface area contributed by atoms with Crippen LogP contribution in [0, 0.1) is 5.92 Å². The lowest BCUT2D eigenvalue weighted by atomic mass is 9.77. The van der Waals surface area contributed by atoms with Gasteiger partial charge in [0, 0.05) is 30.4 Å². The fraction of sp³-hybridized carbons (Fsp3) is 0.391. The minimum Gasteiger partial charge on any atom is -0.497 e. The fourth-order valence-corrected chi connectivity index (χ4v) is 4.53. The summed E-state index contributed by atoms with van der Waals surface area (Å²) in [5.74, 6) is 1.97. The van der Waals surface area contributed by atoms with E-state index in [1.165, 1.54) is 22.5 Å². The molecule has 2 aromatic carbocycles. The Morgan fingerprint density at radius 3 is 2.73 bits per heavy atom. The van der Waals surface area contributed by atoms with Crippen LogP contribution < -0.4 is 15.0 Å². The first-order valence-electron chi connectivity index (χ1n) is 9.71. The maximum absolute atomic E-state index is 5.44. The minimum absolute atomic E-state index is 0.317. The molecule has 0 amide bonds. The third kappa shape index (κ3) is 2.86. The average molecular weight is 348 g/mol. The van der Waals surface area contributed by atoms with Gasteiger partial charge in [0.15, 0.2) is 0 Å². The van der Waals surface area contributed by atoms with Crippen molar-refractivity contribution in [3.8, 4) is 5.75 Å². The highest BCUT2D eigenvalue weighted by molar-refractivity contribution is 5.66. The molecule has 2 aromatic rings. The first-order chi connectivity index (χ1) is 12.7. The Bertz CT molecular complexity index is 810.